The van der Waals surface area contributed by atoms with Crippen molar-refractivity contribution >= 4 is 40.9 Å². The van der Waals surface area contributed by atoms with E-state index in [0.717, 1.165) is 17.7 Å². The Balaban J connectivity index is 1.31. The quantitative estimate of drug-likeness (QED) is 0.393. The number of rotatable bonds is 4. The number of aromatic amines is 1. The lowest BCUT2D eigenvalue weighted by molar-refractivity contribution is 0.142. The number of hydrogen-bond donors (Lipinski definition) is 3. The zero-order valence-electron chi connectivity index (χ0n) is 17.0. The van der Waals surface area contributed by atoms with E-state index in [9.17, 15) is 4.79 Å². The highest BCUT2D eigenvalue weighted by atomic mass is 35.5. The number of nitrogens with one attached hydrogen (secondary N) is 3. The fourth-order valence-electron chi connectivity index (χ4n) is 4.18. The van der Waals surface area contributed by atoms with Crippen molar-refractivity contribution in [2.45, 2.75) is 44.3 Å². The Labute approximate surface area is 189 Å². The Morgan fingerprint density at radius 2 is 2.00 bits per heavy atom. The molecule has 0 unspecified atom stereocenters. The molecule has 2 aromatic heterocycles. The molecule has 3 heterocycles. The highest BCUT2D eigenvalue weighted by Gasteiger charge is 2.46. The number of carbonyl (C=O) groups excluding carboxylic acids is 1. The molecule has 1 aliphatic heterocycles. The highest BCUT2D eigenvalue weighted by Crippen LogP contribution is 2.43. The smallest absolute Gasteiger partial charge is 0.318 e. The number of halogens is 2. The van der Waals surface area contributed by atoms with Gasteiger partial charge in [0.15, 0.2) is 5.82 Å². The van der Waals surface area contributed by atoms with Gasteiger partial charge in [-0.15, -0.1) is 0 Å². The van der Waals surface area contributed by atoms with Crippen LogP contribution in [0.4, 0.5) is 16.4 Å². The van der Waals surface area contributed by atoms with Crippen molar-refractivity contribution in [3.63, 3.8) is 0 Å². The minimum atomic E-state index is -0.537. The summed E-state index contributed by atoms with van der Waals surface area (Å²) in [5.41, 5.74) is 2.51. The largest absolute Gasteiger partial charge is 0.335 e. The molecule has 1 saturated carbocycles. The van der Waals surface area contributed by atoms with Crippen LogP contribution < -0.4 is 10.6 Å². The lowest BCUT2D eigenvalue weighted by atomic mass is 10.0. The second-order valence-electron chi connectivity index (χ2n) is 8.35. The Morgan fingerprint density at radius 1 is 1.23 bits per heavy atom. The van der Waals surface area contributed by atoms with Crippen molar-refractivity contribution in [1.82, 2.24) is 30.4 Å². The van der Waals surface area contributed by atoms with E-state index in [1.165, 1.54) is 5.56 Å². The van der Waals surface area contributed by atoms with Crippen molar-refractivity contribution in [3.8, 4) is 0 Å². The molecule has 0 spiro atoms. The predicted octanol–water partition coefficient (Wildman–Crippen LogP) is 4.57. The van der Waals surface area contributed by atoms with Gasteiger partial charge in [0, 0.05) is 23.6 Å². The number of H-pyrrole nitrogens is 1. The van der Waals surface area contributed by atoms with E-state index < -0.39 is 5.54 Å². The first-order valence-electron chi connectivity index (χ1n) is 10.0. The fourth-order valence-corrected chi connectivity index (χ4v) is 4.59. The number of amides is 2. The van der Waals surface area contributed by atoms with Gasteiger partial charge in [-0.05, 0) is 37.4 Å². The maximum Gasteiger partial charge on any atom is 0.318 e. The summed E-state index contributed by atoms with van der Waals surface area (Å²) < 4.78 is 0. The van der Waals surface area contributed by atoms with E-state index >= 15 is 0 Å². The minimum absolute atomic E-state index is 0.0425. The normalized spacial score (nSPS) is 21.0. The van der Waals surface area contributed by atoms with E-state index in [0.29, 0.717) is 24.1 Å². The standard InChI is InChI=1S/C21H21Cl2N7O/c1-21(2)17-13(18(29-28-17)26-16-9-15(22)25-19(23)27-16)10-30(21)20(31)24-14-8-12(14)11-6-4-3-5-7-11/h3-7,9,12,14H,8,10H2,1-2H3,(H,24,31)(H2,25,26,27,28,29)/t12-,14+/m1/s1. The van der Waals surface area contributed by atoms with Gasteiger partial charge in [0.2, 0.25) is 5.28 Å². The average molecular weight is 458 g/mol. The third-order valence-electron chi connectivity index (χ3n) is 5.96. The summed E-state index contributed by atoms with van der Waals surface area (Å²) in [5.74, 6) is 1.39. The van der Waals surface area contributed by atoms with Crippen LogP contribution in [0.1, 0.15) is 43.0 Å². The number of hydrogen-bond acceptors (Lipinski definition) is 5. The van der Waals surface area contributed by atoms with Crippen LogP contribution in [-0.4, -0.2) is 37.1 Å². The molecule has 1 fully saturated rings. The molecule has 0 bridgehead atoms. The number of urea groups is 1. The minimum Gasteiger partial charge on any atom is -0.335 e. The molecule has 1 aliphatic carbocycles. The van der Waals surface area contributed by atoms with Crippen LogP contribution in [0.15, 0.2) is 36.4 Å². The fraction of sp³-hybridized carbons (Fsp3) is 0.333. The van der Waals surface area contributed by atoms with Crippen LogP contribution in [0.25, 0.3) is 0 Å². The predicted molar refractivity (Wildman–Crippen MR) is 119 cm³/mol. The van der Waals surface area contributed by atoms with Crippen molar-refractivity contribution in [2.75, 3.05) is 5.32 Å². The molecule has 5 rings (SSSR count). The number of aromatic nitrogens is 4. The van der Waals surface area contributed by atoms with Crippen LogP contribution in [0.3, 0.4) is 0 Å². The molecule has 31 heavy (non-hydrogen) atoms. The summed E-state index contributed by atoms with van der Waals surface area (Å²) in [6.45, 7) is 4.42. The van der Waals surface area contributed by atoms with Gasteiger partial charge < -0.3 is 15.5 Å². The number of carbonyl (C=O) groups is 1. The first kappa shape index (κ1) is 20.1. The molecule has 0 radical (unpaired) electrons. The summed E-state index contributed by atoms with van der Waals surface area (Å²) in [4.78, 5) is 22.9. The van der Waals surface area contributed by atoms with E-state index in [2.05, 4.69) is 42.9 Å². The van der Waals surface area contributed by atoms with E-state index in [-0.39, 0.29) is 22.5 Å². The Hall–Kier alpha value is -2.84. The molecule has 2 amide bonds. The van der Waals surface area contributed by atoms with Crippen molar-refractivity contribution in [1.29, 1.82) is 0 Å². The first-order valence-corrected chi connectivity index (χ1v) is 10.8. The lowest BCUT2D eigenvalue weighted by Gasteiger charge is -2.32. The Kier molecular flexibility index (Phi) is 4.79. The summed E-state index contributed by atoms with van der Waals surface area (Å²) in [5, 5.41) is 14.0. The van der Waals surface area contributed by atoms with Gasteiger partial charge in [0.25, 0.3) is 0 Å². The highest BCUT2D eigenvalue weighted by molar-refractivity contribution is 6.32. The summed E-state index contributed by atoms with van der Waals surface area (Å²) in [6, 6.07) is 11.9. The topological polar surface area (TPSA) is 98.8 Å². The molecule has 160 valence electrons. The Morgan fingerprint density at radius 3 is 2.74 bits per heavy atom. The monoisotopic (exact) mass is 457 g/mol. The molecule has 2 atom stereocenters. The van der Waals surface area contributed by atoms with Crippen LogP contribution in [0, 0.1) is 0 Å². The van der Waals surface area contributed by atoms with Gasteiger partial charge in [0.1, 0.15) is 11.0 Å². The van der Waals surface area contributed by atoms with E-state index in [1.807, 2.05) is 36.9 Å². The van der Waals surface area contributed by atoms with Crippen molar-refractivity contribution < 1.29 is 4.79 Å². The van der Waals surface area contributed by atoms with Crippen LogP contribution in [0.5, 0.6) is 0 Å². The molecule has 0 saturated heterocycles. The van der Waals surface area contributed by atoms with E-state index in [1.54, 1.807) is 6.07 Å². The number of anilines is 2. The maximum absolute atomic E-state index is 13.1. The van der Waals surface area contributed by atoms with Crippen LogP contribution in [0.2, 0.25) is 10.4 Å². The molecule has 1 aromatic carbocycles. The lowest BCUT2D eigenvalue weighted by Crippen LogP contribution is -2.47. The first-order chi connectivity index (χ1) is 14.8. The van der Waals surface area contributed by atoms with Crippen LogP contribution >= 0.6 is 23.2 Å². The third kappa shape index (κ3) is 3.70. The maximum atomic E-state index is 13.1. The zero-order chi connectivity index (χ0) is 21.8. The SMILES string of the molecule is CC1(C)c2[nH]nc(Nc3cc(Cl)nc(Cl)n3)c2CN1C(=O)N[C@H]1C[C@@H]1c1ccccc1. The second kappa shape index (κ2) is 7.39. The molecule has 2 aliphatic rings. The second-order valence-corrected chi connectivity index (χ2v) is 9.08. The molecule has 8 nitrogen and oxygen atoms in total. The summed E-state index contributed by atoms with van der Waals surface area (Å²) >= 11 is 11.9. The van der Waals surface area contributed by atoms with Crippen molar-refractivity contribution in [3.05, 3.63) is 63.7 Å². The van der Waals surface area contributed by atoms with Gasteiger partial charge in [-0.2, -0.15) is 5.10 Å². The number of benzene rings is 1. The molecule has 3 N–H and O–H groups in total. The third-order valence-corrected chi connectivity index (χ3v) is 6.32. The van der Waals surface area contributed by atoms with Crippen molar-refractivity contribution in [2.24, 2.45) is 0 Å². The zero-order valence-corrected chi connectivity index (χ0v) is 18.5. The Bertz CT molecular complexity index is 1130. The van der Waals surface area contributed by atoms with Gasteiger partial charge in [-0.25, -0.2) is 14.8 Å². The van der Waals surface area contributed by atoms with Gasteiger partial charge in [0.05, 0.1) is 17.8 Å². The number of nitrogens with zero attached hydrogens (tertiary/aromatic N) is 4. The number of fused-ring (bicyclic) bond motifs is 1. The van der Waals surface area contributed by atoms with Gasteiger partial charge in [-0.1, -0.05) is 41.9 Å². The van der Waals surface area contributed by atoms with Gasteiger partial charge >= 0.3 is 6.03 Å². The molecule has 10 heteroatoms. The van der Waals surface area contributed by atoms with Crippen LogP contribution in [-0.2, 0) is 12.1 Å². The summed E-state index contributed by atoms with van der Waals surface area (Å²) in [7, 11) is 0. The molecule has 3 aromatic rings. The average Bonchev–Trinajstić information content (AvgIpc) is 3.27. The molecular formula is C21H21Cl2N7O. The van der Waals surface area contributed by atoms with Gasteiger partial charge in [-0.3, -0.25) is 5.10 Å². The molecular weight excluding hydrogens is 437 g/mol. The summed E-state index contributed by atoms with van der Waals surface area (Å²) in [6.07, 6.45) is 0.957. The van der Waals surface area contributed by atoms with E-state index in [4.69, 9.17) is 23.2 Å².